The Bertz CT molecular complexity index is 975. The molecule has 0 saturated carbocycles. The van der Waals surface area contributed by atoms with Crippen LogP contribution in [0.3, 0.4) is 0 Å². The van der Waals surface area contributed by atoms with Crippen molar-refractivity contribution in [2.75, 3.05) is 18.4 Å². The molecule has 1 aliphatic heterocycles. The summed E-state index contributed by atoms with van der Waals surface area (Å²) in [6, 6.07) is 12.1. The van der Waals surface area contributed by atoms with E-state index < -0.39 is 0 Å². The first-order chi connectivity index (χ1) is 14.0. The number of furan rings is 1. The number of benzene rings is 1. The van der Waals surface area contributed by atoms with Crippen molar-refractivity contribution in [2.24, 2.45) is 5.92 Å². The first kappa shape index (κ1) is 19.9. The van der Waals surface area contributed by atoms with Crippen molar-refractivity contribution in [3.63, 3.8) is 0 Å². The summed E-state index contributed by atoms with van der Waals surface area (Å²) in [6.07, 6.45) is 3.71. The largest absolute Gasteiger partial charge is 0.459 e. The van der Waals surface area contributed by atoms with Gasteiger partial charge < -0.3 is 9.73 Å². The molecule has 3 heterocycles. The molecule has 1 aliphatic rings. The lowest BCUT2D eigenvalue weighted by Crippen LogP contribution is -2.37. The van der Waals surface area contributed by atoms with Crippen LogP contribution in [0.2, 0.25) is 0 Å². The van der Waals surface area contributed by atoms with Gasteiger partial charge >= 0.3 is 0 Å². The average Bonchev–Trinajstić information content (AvgIpc) is 3.34. The Kier molecular flexibility index (Phi) is 5.83. The van der Waals surface area contributed by atoms with E-state index in [2.05, 4.69) is 23.2 Å². The smallest absolute Gasteiger partial charge is 0.291 e. The number of nitrogens with one attached hydrogen (secondary N) is 1. The van der Waals surface area contributed by atoms with E-state index in [-0.39, 0.29) is 23.5 Å². The lowest BCUT2D eigenvalue weighted by atomic mass is 9.92. The number of hydrogen-bond donors (Lipinski definition) is 1. The van der Waals surface area contributed by atoms with Crippen LogP contribution in [0.4, 0.5) is 9.39 Å². The van der Waals surface area contributed by atoms with E-state index in [1.54, 1.807) is 24.3 Å². The molecule has 0 radical (unpaired) electrons. The molecule has 3 aromatic rings. The van der Waals surface area contributed by atoms with Crippen LogP contribution in [-0.2, 0) is 0 Å². The fourth-order valence-electron chi connectivity index (χ4n) is 3.96. The van der Waals surface area contributed by atoms with Gasteiger partial charge in [-0.25, -0.2) is 4.39 Å². The van der Waals surface area contributed by atoms with Gasteiger partial charge in [-0.3, -0.25) is 9.69 Å². The van der Waals surface area contributed by atoms with Crippen LogP contribution in [0.25, 0.3) is 0 Å². The monoisotopic (exact) mass is 412 g/mol. The summed E-state index contributed by atoms with van der Waals surface area (Å²) in [6.45, 7) is 6.20. The molecule has 4 rings (SSSR count). The van der Waals surface area contributed by atoms with Crippen molar-refractivity contribution in [3.8, 4) is 0 Å². The SMILES string of the molecule is Cc1cc([C@H](c2cccc(F)c2)N2CCC(C)CC2)c(NC(=O)c2ccco2)s1. The molecule has 1 fully saturated rings. The summed E-state index contributed by atoms with van der Waals surface area (Å²) in [7, 11) is 0. The van der Waals surface area contributed by atoms with Gasteiger partial charge in [-0.1, -0.05) is 19.1 Å². The molecule has 2 aromatic heterocycles. The second-order valence-corrected chi connectivity index (χ2v) is 9.01. The maximum Gasteiger partial charge on any atom is 0.291 e. The number of piperidine rings is 1. The zero-order chi connectivity index (χ0) is 20.4. The third-order valence-electron chi connectivity index (χ3n) is 5.50. The Hall–Kier alpha value is -2.44. The molecule has 0 bridgehead atoms. The van der Waals surface area contributed by atoms with Crippen molar-refractivity contribution in [3.05, 3.63) is 76.3 Å². The number of halogens is 1. The third-order valence-corrected chi connectivity index (χ3v) is 6.48. The van der Waals surface area contributed by atoms with E-state index in [0.717, 1.165) is 46.9 Å². The highest BCUT2D eigenvalue weighted by atomic mass is 32.1. The predicted octanol–water partition coefficient (Wildman–Crippen LogP) is 5.86. The summed E-state index contributed by atoms with van der Waals surface area (Å²) in [5.41, 5.74) is 1.92. The van der Waals surface area contributed by atoms with Gasteiger partial charge in [0.05, 0.1) is 12.3 Å². The molecular weight excluding hydrogens is 387 g/mol. The summed E-state index contributed by atoms with van der Waals surface area (Å²) < 4.78 is 19.3. The number of carbonyl (C=O) groups is 1. The molecule has 1 N–H and O–H groups in total. The molecule has 29 heavy (non-hydrogen) atoms. The zero-order valence-electron chi connectivity index (χ0n) is 16.7. The van der Waals surface area contributed by atoms with Crippen LogP contribution < -0.4 is 5.32 Å². The Morgan fingerprint density at radius 3 is 2.72 bits per heavy atom. The zero-order valence-corrected chi connectivity index (χ0v) is 17.5. The van der Waals surface area contributed by atoms with E-state index in [4.69, 9.17) is 4.42 Å². The number of hydrogen-bond acceptors (Lipinski definition) is 4. The first-order valence-corrected chi connectivity index (χ1v) is 10.8. The van der Waals surface area contributed by atoms with E-state index in [0.29, 0.717) is 5.92 Å². The minimum atomic E-state index is -0.275. The van der Waals surface area contributed by atoms with Crippen LogP contribution in [0.1, 0.15) is 52.4 Å². The molecule has 1 aromatic carbocycles. The van der Waals surface area contributed by atoms with Gasteiger partial charge in [0.25, 0.3) is 5.91 Å². The van der Waals surface area contributed by atoms with Gasteiger partial charge in [-0.15, -0.1) is 11.3 Å². The fourth-order valence-corrected chi connectivity index (χ4v) is 4.90. The number of thiophene rings is 1. The highest BCUT2D eigenvalue weighted by Crippen LogP contribution is 2.40. The first-order valence-electron chi connectivity index (χ1n) is 9.96. The van der Waals surface area contributed by atoms with Gasteiger partial charge in [0.1, 0.15) is 10.8 Å². The number of carbonyl (C=O) groups excluding carboxylic acids is 1. The Morgan fingerprint density at radius 1 is 1.24 bits per heavy atom. The molecule has 0 unspecified atom stereocenters. The molecular formula is C23H25FN2O2S. The van der Waals surface area contributed by atoms with Gasteiger partial charge in [-0.05, 0) is 74.7 Å². The summed E-state index contributed by atoms with van der Waals surface area (Å²) >= 11 is 1.54. The molecule has 1 amide bonds. The maximum atomic E-state index is 14.1. The molecule has 1 saturated heterocycles. The standard InChI is InChI=1S/C23H25FN2O2S/c1-15-8-10-26(11-9-15)21(17-5-3-6-18(24)14-17)19-13-16(2)29-23(19)25-22(27)20-7-4-12-28-20/h3-7,12-15,21H,8-11H2,1-2H3,(H,25,27)/t21-/m0/s1. The summed E-state index contributed by atoms with van der Waals surface area (Å²) in [4.78, 5) is 16.1. The second kappa shape index (κ2) is 8.51. The second-order valence-electron chi connectivity index (χ2n) is 7.75. The lowest BCUT2D eigenvalue weighted by Gasteiger charge is -2.37. The normalized spacial score (nSPS) is 16.7. The number of likely N-dealkylation sites (tertiary alicyclic amines) is 1. The highest BCUT2D eigenvalue weighted by molar-refractivity contribution is 7.16. The molecule has 4 nitrogen and oxygen atoms in total. The van der Waals surface area contributed by atoms with Gasteiger partial charge in [0.2, 0.25) is 0 Å². The third kappa shape index (κ3) is 4.43. The fraction of sp³-hybridized carbons (Fsp3) is 0.348. The van der Waals surface area contributed by atoms with Crippen LogP contribution in [0.5, 0.6) is 0 Å². The average molecular weight is 413 g/mol. The molecule has 152 valence electrons. The number of aryl methyl sites for hydroxylation is 1. The molecule has 1 atom stereocenters. The van der Waals surface area contributed by atoms with Crippen molar-refractivity contribution in [1.29, 1.82) is 0 Å². The minimum Gasteiger partial charge on any atom is -0.459 e. The molecule has 6 heteroatoms. The minimum absolute atomic E-state index is 0.102. The topological polar surface area (TPSA) is 45.5 Å². The quantitative estimate of drug-likeness (QED) is 0.571. The van der Waals surface area contributed by atoms with Crippen LogP contribution >= 0.6 is 11.3 Å². The van der Waals surface area contributed by atoms with E-state index >= 15 is 0 Å². The Balaban J connectivity index is 1.71. The summed E-state index contributed by atoms with van der Waals surface area (Å²) in [5.74, 6) is 0.451. The van der Waals surface area contributed by atoms with E-state index in [1.165, 1.54) is 23.7 Å². The van der Waals surface area contributed by atoms with Crippen molar-refractivity contribution >= 4 is 22.2 Å². The van der Waals surface area contributed by atoms with Crippen LogP contribution in [-0.4, -0.2) is 23.9 Å². The number of nitrogens with zero attached hydrogens (tertiary/aromatic N) is 1. The van der Waals surface area contributed by atoms with Crippen LogP contribution in [0.15, 0.2) is 53.1 Å². The van der Waals surface area contributed by atoms with Crippen molar-refractivity contribution in [1.82, 2.24) is 4.90 Å². The van der Waals surface area contributed by atoms with Gasteiger partial charge in [0, 0.05) is 10.4 Å². The van der Waals surface area contributed by atoms with Gasteiger partial charge in [0.15, 0.2) is 5.76 Å². The van der Waals surface area contributed by atoms with Gasteiger partial charge in [-0.2, -0.15) is 0 Å². The predicted molar refractivity (Wildman–Crippen MR) is 114 cm³/mol. The number of amides is 1. The number of anilines is 1. The summed E-state index contributed by atoms with van der Waals surface area (Å²) in [5, 5.41) is 3.80. The Labute approximate surface area is 174 Å². The number of rotatable bonds is 5. The van der Waals surface area contributed by atoms with E-state index in [9.17, 15) is 9.18 Å². The van der Waals surface area contributed by atoms with Crippen molar-refractivity contribution < 1.29 is 13.6 Å². The molecule has 0 aliphatic carbocycles. The lowest BCUT2D eigenvalue weighted by molar-refractivity contribution is 0.0996. The highest BCUT2D eigenvalue weighted by Gasteiger charge is 2.30. The molecule has 0 spiro atoms. The Morgan fingerprint density at radius 2 is 2.03 bits per heavy atom. The van der Waals surface area contributed by atoms with E-state index in [1.807, 2.05) is 13.0 Å². The van der Waals surface area contributed by atoms with Crippen molar-refractivity contribution in [2.45, 2.75) is 32.7 Å². The maximum absolute atomic E-state index is 14.1. The van der Waals surface area contributed by atoms with Crippen LogP contribution in [0, 0.1) is 18.7 Å².